The number of nitrogens with one attached hydrogen (secondary N) is 1. The van der Waals surface area contributed by atoms with Crippen LogP contribution < -0.4 is 5.32 Å². The third kappa shape index (κ3) is 6.19. The molecule has 1 fully saturated rings. The fraction of sp³-hybridized carbons (Fsp3) is 1.00. The molecule has 1 N–H and O–H groups in total. The molecule has 2 atom stereocenters. The Morgan fingerprint density at radius 1 is 1.28 bits per heavy atom. The van der Waals surface area contributed by atoms with Gasteiger partial charge in [-0.25, -0.2) is 0 Å². The van der Waals surface area contributed by atoms with Gasteiger partial charge in [0.1, 0.15) is 0 Å². The lowest BCUT2D eigenvalue weighted by molar-refractivity contribution is 0.119. The molecule has 1 aliphatic heterocycles. The van der Waals surface area contributed by atoms with Gasteiger partial charge >= 0.3 is 0 Å². The lowest BCUT2D eigenvalue weighted by Crippen LogP contribution is -2.50. The highest BCUT2D eigenvalue weighted by Gasteiger charge is 2.24. The van der Waals surface area contributed by atoms with Gasteiger partial charge in [-0.05, 0) is 52.5 Å². The predicted octanol–water partition coefficient (Wildman–Crippen LogP) is 3.67. The van der Waals surface area contributed by atoms with Gasteiger partial charge in [0.15, 0.2) is 0 Å². The monoisotopic (exact) mass is 254 g/mol. The van der Waals surface area contributed by atoms with Gasteiger partial charge in [-0.2, -0.15) is 0 Å². The number of nitrogens with zero attached hydrogens (tertiary/aromatic N) is 1. The van der Waals surface area contributed by atoms with Gasteiger partial charge in [-0.3, -0.25) is 4.90 Å². The molecule has 0 aliphatic carbocycles. The second-order valence-electron chi connectivity index (χ2n) is 7.17. The third-order valence-corrected chi connectivity index (χ3v) is 3.94. The molecule has 1 rings (SSSR count). The Morgan fingerprint density at radius 2 is 2.00 bits per heavy atom. The summed E-state index contributed by atoms with van der Waals surface area (Å²) in [5.41, 5.74) is 0.248. The van der Waals surface area contributed by atoms with Crippen LogP contribution in [0, 0.1) is 5.92 Å². The number of hydrogen-bond donors (Lipinski definition) is 1. The Bertz CT molecular complexity index is 220. The first-order chi connectivity index (χ1) is 8.42. The zero-order valence-corrected chi connectivity index (χ0v) is 13.3. The average molecular weight is 254 g/mol. The largest absolute Gasteiger partial charge is 0.311 e. The lowest BCUT2D eigenvalue weighted by Gasteiger charge is -2.39. The molecule has 1 aliphatic rings. The first kappa shape index (κ1) is 16.0. The summed E-state index contributed by atoms with van der Waals surface area (Å²) in [6.07, 6.45) is 6.87. The molecule has 0 saturated carbocycles. The molecule has 0 spiro atoms. The molecule has 2 nitrogen and oxygen atoms in total. The van der Waals surface area contributed by atoms with Gasteiger partial charge in [0.25, 0.3) is 0 Å². The summed E-state index contributed by atoms with van der Waals surface area (Å²) < 4.78 is 0. The van der Waals surface area contributed by atoms with Crippen molar-refractivity contribution >= 4 is 0 Å². The minimum absolute atomic E-state index is 0.248. The van der Waals surface area contributed by atoms with E-state index in [1.165, 1.54) is 45.2 Å². The van der Waals surface area contributed by atoms with Crippen molar-refractivity contribution in [2.24, 2.45) is 5.92 Å². The van der Waals surface area contributed by atoms with Crippen molar-refractivity contribution in [3.8, 4) is 0 Å². The minimum Gasteiger partial charge on any atom is -0.311 e. The van der Waals surface area contributed by atoms with Crippen molar-refractivity contribution in [3.05, 3.63) is 0 Å². The second kappa shape index (κ2) is 7.49. The Labute approximate surface area is 115 Å². The van der Waals surface area contributed by atoms with Crippen molar-refractivity contribution < 1.29 is 0 Å². The summed E-state index contributed by atoms with van der Waals surface area (Å²) in [6.45, 7) is 15.3. The second-order valence-corrected chi connectivity index (χ2v) is 7.17. The maximum absolute atomic E-state index is 3.69. The molecule has 0 bridgehead atoms. The molecule has 0 radical (unpaired) electrons. The van der Waals surface area contributed by atoms with Crippen LogP contribution in [-0.2, 0) is 0 Å². The molecule has 0 aromatic rings. The molecule has 2 heteroatoms. The third-order valence-electron chi connectivity index (χ3n) is 3.94. The Balaban J connectivity index is 2.41. The number of hydrogen-bond acceptors (Lipinski definition) is 2. The van der Waals surface area contributed by atoms with Crippen LogP contribution >= 0.6 is 0 Å². The molecule has 0 amide bonds. The summed E-state index contributed by atoms with van der Waals surface area (Å²) in [7, 11) is 0. The fourth-order valence-electron chi connectivity index (χ4n) is 2.94. The van der Waals surface area contributed by atoms with Gasteiger partial charge < -0.3 is 5.32 Å². The molecule has 2 unspecified atom stereocenters. The molecule has 1 heterocycles. The van der Waals surface area contributed by atoms with Crippen LogP contribution in [0.3, 0.4) is 0 Å². The van der Waals surface area contributed by atoms with Crippen LogP contribution in [0.2, 0.25) is 0 Å². The Hall–Kier alpha value is -0.0800. The van der Waals surface area contributed by atoms with Crippen LogP contribution in [0.25, 0.3) is 0 Å². The highest BCUT2D eigenvalue weighted by atomic mass is 15.2. The molecular weight excluding hydrogens is 220 g/mol. The molecule has 0 aromatic carbocycles. The van der Waals surface area contributed by atoms with E-state index >= 15 is 0 Å². The molecule has 108 valence electrons. The predicted molar refractivity (Wildman–Crippen MR) is 81.0 cm³/mol. The highest BCUT2D eigenvalue weighted by molar-refractivity contribution is 4.82. The topological polar surface area (TPSA) is 15.3 Å². The fourth-order valence-corrected chi connectivity index (χ4v) is 2.94. The minimum atomic E-state index is 0.248. The zero-order valence-electron chi connectivity index (χ0n) is 13.3. The van der Waals surface area contributed by atoms with Crippen LogP contribution in [0.15, 0.2) is 0 Å². The maximum Gasteiger partial charge on any atom is 0.0220 e. The Kier molecular flexibility index (Phi) is 6.65. The standard InChI is InChI=1S/C16H34N2/c1-6-9-14(2)13-18-11-8-7-10-15(18)12-17-16(3,4)5/h14-15,17H,6-13H2,1-5H3. The van der Waals surface area contributed by atoms with Crippen molar-refractivity contribution in [1.29, 1.82) is 0 Å². The van der Waals surface area contributed by atoms with E-state index in [0.29, 0.717) is 0 Å². The van der Waals surface area contributed by atoms with Gasteiger partial charge in [-0.1, -0.05) is 26.7 Å². The van der Waals surface area contributed by atoms with Crippen molar-refractivity contribution in [2.45, 2.75) is 78.3 Å². The Morgan fingerprint density at radius 3 is 2.61 bits per heavy atom. The van der Waals surface area contributed by atoms with E-state index in [0.717, 1.165) is 18.5 Å². The molecule has 1 saturated heterocycles. The van der Waals surface area contributed by atoms with E-state index in [-0.39, 0.29) is 5.54 Å². The van der Waals surface area contributed by atoms with Crippen LogP contribution in [0.4, 0.5) is 0 Å². The normalized spacial score (nSPS) is 24.2. The smallest absolute Gasteiger partial charge is 0.0220 e. The van der Waals surface area contributed by atoms with Gasteiger partial charge in [-0.15, -0.1) is 0 Å². The lowest BCUT2D eigenvalue weighted by atomic mass is 9.97. The van der Waals surface area contributed by atoms with Crippen molar-refractivity contribution in [3.63, 3.8) is 0 Å². The highest BCUT2D eigenvalue weighted by Crippen LogP contribution is 2.20. The van der Waals surface area contributed by atoms with Gasteiger partial charge in [0.2, 0.25) is 0 Å². The first-order valence-electron chi connectivity index (χ1n) is 7.91. The SMILES string of the molecule is CCCC(C)CN1CCCCC1CNC(C)(C)C. The summed E-state index contributed by atoms with van der Waals surface area (Å²) >= 11 is 0. The quantitative estimate of drug-likeness (QED) is 0.778. The van der Waals surface area contributed by atoms with E-state index in [1.54, 1.807) is 0 Å². The van der Waals surface area contributed by atoms with E-state index in [2.05, 4.69) is 44.8 Å². The van der Waals surface area contributed by atoms with Crippen molar-refractivity contribution in [1.82, 2.24) is 10.2 Å². The van der Waals surface area contributed by atoms with Crippen LogP contribution in [-0.4, -0.2) is 36.1 Å². The first-order valence-corrected chi connectivity index (χ1v) is 7.91. The van der Waals surface area contributed by atoms with Crippen molar-refractivity contribution in [2.75, 3.05) is 19.6 Å². The summed E-state index contributed by atoms with van der Waals surface area (Å²) in [6, 6.07) is 0.761. The zero-order chi connectivity index (χ0) is 13.6. The molecule has 18 heavy (non-hydrogen) atoms. The maximum atomic E-state index is 3.69. The number of piperidine rings is 1. The van der Waals surface area contributed by atoms with Gasteiger partial charge in [0.05, 0.1) is 0 Å². The average Bonchev–Trinajstić information content (AvgIpc) is 2.27. The van der Waals surface area contributed by atoms with E-state index in [4.69, 9.17) is 0 Å². The molecular formula is C16H34N2. The van der Waals surface area contributed by atoms with E-state index in [9.17, 15) is 0 Å². The van der Waals surface area contributed by atoms with E-state index < -0.39 is 0 Å². The summed E-state index contributed by atoms with van der Waals surface area (Å²) in [5.74, 6) is 0.852. The van der Waals surface area contributed by atoms with Crippen LogP contribution in [0.5, 0.6) is 0 Å². The summed E-state index contributed by atoms with van der Waals surface area (Å²) in [4.78, 5) is 2.74. The summed E-state index contributed by atoms with van der Waals surface area (Å²) in [5, 5.41) is 3.69. The van der Waals surface area contributed by atoms with Gasteiger partial charge in [0, 0.05) is 24.7 Å². The number of rotatable bonds is 6. The molecule has 0 aromatic heterocycles. The number of likely N-dealkylation sites (tertiary alicyclic amines) is 1. The van der Waals surface area contributed by atoms with Crippen LogP contribution in [0.1, 0.15) is 66.7 Å². The van der Waals surface area contributed by atoms with E-state index in [1.807, 2.05) is 0 Å².